The molecule has 1 aromatic heterocycles. The Bertz CT molecular complexity index is 427. The van der Waals surface area contributed by atoms with Crippen LogP contribution in [0.25, 0.3) is 0 Å². The summed E-state index contributed by atoms with van der Waals surface area (Å²) in [5.41, 5.74) is 0.199. The van der Waals surface area contributed by atoms with E-state index < -0.39 is 24.6 Å². The summed E-state index contributed by atoms with van der Waals surface area (Å²) in [7, 11) is 0. The maximum Gasteiger partial charge on any atom is 0.456 e. The molecule has 1 heterocycles. The number of pyridine rings is 1. The number of nitrogens with zero attached hydrogens (tertiary/aromatic N) is 1. The highest BCUT2D eigenvalue weighted by molar-refractivity contribution is 5.93. The van der Waals surface area contributed by atoms with Crippen LogP contribution in [0.5, 0.6) is 5.88 Å². The Morgan fingerprint density at radius 2 is 1.89 bits per heavy atom. The van der Waals surface area contributed by atoms with Gasteiger partial charge in [-0.3, -0.25) is 4.79 Å². The highest BCUT2D eigenvalue weighted by Gasteiger charge is 2.58. The number of carbonyl (C=O) groups excluding carboxylic acids is 1. The van der Waals surface area contributed by atoms with Crippen LogP contribution in [0.4, 0.5) is 22.0 Å². The van der Waals surface area contributed by atoms with Crippen LogP contribution in [0.1, 0.15) is 17.3 Å². The van der Waals surface area contributed by atoms with Crippen LogP contribution in [-0.4, -0.2) is 29.5 Å². The van der Waals surface area contributed by atoms with Gasteiger partial charge in [-0.2, -0.15) is 22.0 Å². The third-order valence-electron chi connectivity index (χ3n) is 1.96. The molecule has 0 amide bonds. The maximum atomic E-state index is 12.5. The predicted molar refractivity (Wildman–Crippen MR) is 50.7 cm³/mol. The van der Waals surface area contributed by atoms with Crippen LogP contribution in [0, 0.1) is 0 Å². The third kappa shape index (κ3) is 3.38. The van der Waals surface area contributed by atoms with Crippen LogP contribution in [0.15, 0.2) is 18.3 Å². The summed E-state index contributed by atoms with van der Waals surface area (Å²) in [5, 5.41) is 0. The minimum absolute atomic E-state index is 0.199. The van der Waals surface area contributed by atoms with Crippen LogP contribution < -0.4 is 4.74 Å². The lowest BCUT2D eigenvalue weighted by Gasteiger charge is -2.19. The van der Waals surface area contributed by atoms with Gasteiger partial charge in [0.05, 0.1) is 0 Å². The Morgan fingerprint density at radius 3 is 2.28 bits per heavy atom. The average molecular weight is 269 g/mol. The van der Waals surface area contributed by atoms with Crippen LogP contribution in [-0.2, 0) is 0 Å². The standard InChI is InChI=1S/C10H8F5NO2/c1-6(17)7-2-3-8(16-4-7)18-5-9(11,12)10(13,14)15/h2-4H,5H2,1H3. The zero-order chi connectivity index (χ0) is 14.0. The lowest BCUT2D eigenvalue weighted by molar-refractivity contribution is -0.290. The molecule has 0 saturated heterocycles. The second kappa shape index (κ2) is 4.87. The fraction of sp³-hybridized carbons (Fsp3) is 0.400. The van der Waals surface area contributed by atoms with E-state index in [1.54, 1.807) is 0 Å². The molecule has 0 radical (unpaired) electrons. The SMILES string of the molecule is CC(=O)c1ccc(OCC(F)(F)C(F)(F)F)nc1. The Kier molecular flexibility index (Phi) is 3.88. The van der Waals surface area contributed by atoms with Gasteiger partial charge in [-0.1, -0.05) is 0 Å². The lowest BCUT2D eigenvalue weighted by atomic mass is 10.2. The van der Waals surface area contributed by atoms with Crippen LogP contribution >= 0.6 is 0 Å². The Morgan fingerprint density at radius 1 is 1.28 bits per heavy atom. The lowest BCUT2D eigenvalue weighted by Crippen LogP contribution is -2.41. The normalized spacial score (nSPS) is 12.3. The molecule has 1 aromatic rings. The smallest absolute Gasteiger partial charge is 0.456 e. The van der Waals surface area contributed by atoms with Gasteiger partial charge in [-0.25, -0.2) is 4.98 Å². The van der Waals surface area contributed by atoms with Crippen molar-refractivity contribution in [2.45, 2.75) is 19.0 Å². The van der Waals surface area contributed by atoms with Gasteiger partial charge in [0.25, 0.3) is 0 Å². The largest absolute Gasteiger partial charge is 0.471 e. The summed E-state index contributed by atoms with van der Waals surface area (Å²) in [6.07, 6.45) is -4.64. The molecule has 8 heteroatoms. The average Bonchev–Trinajstić information content (AvgIpc) is 2.25. The van der Waals surface area contributed by atoms with Gasteiger partial charge in [0.15, 0.2) is 12.4 Å². The molecular formula is C10H8F5NO2. The fourth-order valence-electron chi connectivity index (χ4n) is 0.920. The summed E-state index contributed by atoms with van der Waals surface area (Å²) in [5.74, 6) is -5.67. The number of hydrogen-bond acceptors (Lipinski definition) is 3. The van der Waals surface area contributed by atoms with E-state index in [9.17, 15) is 26.7 Å². The van der Waals surface area contributed by atoms with Gasteiger partial charge in [0.2, 0.25) is 5.88 Å². The predicted octanol–water partition coefficient (Wildman–Crippen LogP) is 2.86. The summed E-state index contributed by atoms with van der Waals surface area (Å²) in [6, 6.07) is 2.26. The van der Waals surface area contributed by atoms with Crippen molar-refractivity contribution >= 4 is 5.78 Å². The van der Waals surface area contributed by atoms with Crippen molar-refractivity contribution in [3.05, 3.63) is 23.9 Å². The molecule has 0 aliphatic carbocycles. The summed E-state index contributed by atoms with van der Waals surface area (Å²) < 4.78 is 64.7. The Labute approximate surface area is 98.6 Å². The number of halogens is 5. The summed E-state index contributed by atoms with van der Waals surface area (Å²) in [4.78, 5) is 14.3. The number of carbonyl (C=O) groups is 1. The highest BCUT2D eigenvalue weighted by atomic mass is 19.4. The van der Waals surface area contributed by atoms with Crippen molar-refractivity contribution in [1.29, 1.82) is 0 Å². The first-order valence-corrected chi connectivity index (χ1v) is 4.68. The highest BCUT2D eigenvalue weighted by Crippen LogP contribution is 2.35. The zero-order valence-corrected chi connectivity index (χ0v) is 9.09. The second-order valence-corrected chi connectivity index (χ2v) is 3.43. The molecule has 0 N–H and O–H groups in total. The molecule has 18 heavy (non-hydrogen) atoms. The minimum atomic E-state index is -5.67. The van der Waals surface area contributed by atoms with E-state index >= 15 is 0 Å². The first kappa shape index (κ1) is 14.3. The number of alkyl halides is 5. The molecule has 0 fully saturated rings. The first-order chi connectivity index (χ1) is 8.13. The molecular weight excluding hydrogens is 261 g/mol. The van der Waals surface area contributed by atoms with Gasteiger partial charge in [-0.05, 0) is 13.0 Å². The number of Topliss-reactive ketones (excluding diaryl/α,β-unsaturated/α-hetero) is 1. The van der Waals surface area contributed by atoms with Crippen molar-refractivity contribution in [2.75, 3.05) is 6.61 Å². The van der Waals surface area contributed by atoms with Gasteiger partial charge >= 0.3 is 12.1 Å². The van der Waals surface area contributed by atoms with Crippen molar-refractivity contribution < 1.29 is 31.5 Å². The van der Waals surface area contributed by atoms with Crippen molar-refractivity contribution in [1.82, 2.24) is 4.98 Å². The minimum Gasteiger partial charge on any atom is -0.471 e. The second-order valence-electron chi connectivity index (χ2n) is 3.43. The number of hydrogen-bond donors (Lipinski definition) is 0. The molecule has 0 aliphatic rings. The number of ketones is 1. The van der Waals surface area contributed by atoms with Crippen molar-refractivity contribution in [3.8, 4) is 5.88 Å². The van der Waals surface area contributed by atoms with E-state index in [0.717, 1.165) is 12.3 Å². The number of ether oxygens (including phenoxy) is 1. The van der Waals surface area contributed by atoms with Crippen LogP contribution in [0.3, 0.4) is 0 Å². The van der Waals surface area contributed by atoms with E-state index in [0.29, 0.717) is 0 Å². The molecule has 0 unspecified atom stereocenters. The number of rotatable bonds is 4. The molecule has 1 rings (SSSR count). The quantitative estimate of drug-likeness (QED) is 0.623. The summed E-state index contributed by atoms with van der Waals surface area (Å²) >= 11 is 0. The van der Waals surface area contributed by atoms with Gasteiger partial charge in [-0.15, -0.1) is 0 Å². The van der Waals surface area contributed by atoms with Gasteiger partial charge in [0.1, 0.15) is 0 Å². The fourth-order valence-corrected chi connectivity index (χ4v) is 0.920. The first-order valence-electron chi connectivity index (χ1n) is 4.68. The van der Waals surface area contributed by atoms with E-state index in [-0.39, 0.29) is 11.3 Å². The monoisotopic (exact) mass is 269 g/mol. The van der Waals surface area contributed by atoms with E-state index in [1.165, 1.54) is 13.0 Å². The number of aromatic nitrogens is 1. The maximum absolute atomic E-state index is 12.5. The molecule has 0 bridgehead atoms. The van der Waals surface area contributed by atoms with Crippen LogP contribution in [0.2, 0.25) is 0 Å². The summed E-state index contributed by atoms with van der Waals surface area (Å²) in [6.45, 7) is -0.599. The molecule has 0 atom stereocenters. The zero-order valence-electron chi connectivity index (χ0n) is 9.09. The molecule has 0 aromatic carbocycles. The van der Waals surface area contributed by atoms with E-state index in [1.807, 2.05) is 0 Å². The van der Waals surface area contributed by atoms with E-state index in [2.05, 4.69) is 9.72 Å². The molecule has 100 valence electrons. The molecule has 0 aliphatic heterocycles. The molecule has 0 saturated carbocycles. The molecule has 3 nitrogen and oxygen atoms in total. The Hall–Kier alpha value is -1.73. The topological polar surface area (TPSA) is 39.2 Å². The van der Waals surface area contributed by atoms with Crippen molar-refractivity contribution in [2.24, 2.45) is 0 Å². The third-order valence-corrected chi connectivity index (χ3v) is 1.96. The Balaban J connectivity index is 2.67. The molecule has 0 spiro atoms. The van der Waals surface area contributed by atoms with E-state index in [4.69, 9.17) is 0 Å². The van der Waals surface area contributed by atoms with Crippen molar-refractivity contribution in [3.63, 3.8) is 0 Å². The van der Waals surface area contributed by atoms with Gasteiger partial charge < -0.3 is 4.74 Å². The van der Waals surface area contributed by atoms with Gasteiger partial charge in [0, 0.05) is 17.8 Å².